The van der Waals surface area contributed by atoms with Gasteiger partial charge in [-0.15, -0.1) is 0 Å². The van der Waals surface area contributed by atoms with E-state index in [0.717, 1.165) is 0 Å². The van der Waals surface area contributed by atoms with Gasteiger partial charge in [-0.1, -0.05) is 0 Å². The van der Waals surface area contributed by atoms with Crippen molar-refractivity contribution < 1.29 is 19.4 Å². The van der Waals surface area contributed by atoms with Crippen LogP contribution < -0.4 is 0 Å². The summed E-state index contributed by atoms with van der Waals surface area (Å²) < 4.78 is 4.57. The monoisotopic (exact) mass is 187 g/mol. The van der Waals surface area contributed by atoms with E-state index in [1.54, 1.807) is 6.92 Å². The smallest absolute Gasteiger partial charge is 0.407 e. The molecule has 1 fully saturated rings. The highest BCUT2D eigenvalue weighted by molar-refractivity contribution is 5.75. The number of methoxy groups -OCH3 is 1. The Morgan fingerprint density at radius 3 is 2.54 bits per heavy atom. The van der Waals surface area contributed by atoms with Gasteiger partial charge in [0.15, 0.2) is 0 Å². The average Bonchev–Trinajstić information content (AvgIpc) is 2.46. The van der Waals surface area contributed by atoms with E-state index in [-0.39, 0.29) is 17.9 Å². The molecular weight excluding hydrogens is 174 g/mol. The third-order valence-corrected chi connectivity index (χ3v) is 2.50. The van der Waals surface area contributed by atoms with Crippen LogP contribution in [0.1, 0.15) is 13.3 Å². The van der Waals surface area contributed by atoms with E-state index < -0.39 is 6.09 Å². The van der Waals surface area contributed by atoms with Crippen molar-refractivity contribution in [2.45, 2.75) is 19.4 Å². The summed E-state index contributed by atoms with van der Waals surface area (Å²) in [6.07, 6.45) is -0.418. The van der Waals surface area contributed by atoms with Crippen molar-refractivity contribution in [2.75, 3.05) is 13.7 Å². The van der Waals surface area contributed by atoms with Crippen molar-refractivity contribution in [1.82, 2.24) is 4.90 Å². The van der Waals surface area contributed by atoms with Crippen LogP contribution in [0.25, 0.3) is 0 Å². The van der Waals surface area contributed by atoms with Gasteiger partial charge in [-0.2, -0.15) is 0 Å². The third-order valence-electron chi connectivity index (χ3n) is 2.50. The van der Waals surface area contributed by atoms with Gasteiger partial charge in [-0.05, 0) is 13.3 Å². The maximum Gasteiger partial charge on any atom is 0.407 e. The Balaban J connectivity index is 2.65. The molecule has 1 amide bonds. The zero-order valence-electron chi connectivity index (χ0n) is 7.69. The standard InChI is InChI=1S/C8H13NO4/c1-5-6(7(10)13-2)3-4-9(5)8(11)12/h5-6H,3-4H2,1-2H3,(H,11,12). The molecule has 5 heteroatoms. The molecule has 1 aliphatic heterocycles. The molecule has 13 heavy (non-hydrogen) atoms. The van der Waals surface area contributed by atoms with Crippen molar-refractivity contribution in [1.29, 1.82) is 0 Å². The fourth-order valence-electron chi connectivity index (χ4n) is 1.68. The first kappa shape index (κ1) is 9.83. The van der Waals surface area contributed by atoms with E-state index in [9.17, 15) is 9.59 Å². The third kappa shape index (κ3) is 1.74. The first-order valence-corrected chi connectivity index (χ1v) is 4.15. The Morgan fingerprint density at radius 2 is 2.15 bits per heavy atom. The van der Waals surface area contributed by atoms with Gasteiger partial charge in [0, 0.05) is 12.6 Å². The first-order valence-electron chi connectivity index (χ1n) is 4.15. The zero-order chi connectivity index (χ0) is 10.0. The number of nitrogens with zero attached hydrogens (tertiary/aromatic N) is 1. The second kappa shape index (κ2) is 3.64. The largest absolute Gasteiger partial charge is 0.469 e. The number of likely N-dealkylation sites (tertiary alicyclic amines) is 1. The fourth-order valence-corrected chi connectivity index (χ4v) is 1.68. The van der Waals surface area contributed by atoms with E-state index >= 15 is 0 Å². The van der Waals surface area contributed by atoms with Crippen LogP contribution in [0.15, 0.2) is 0 Å². The molecule has 0 aromatic rings. The lowest BCUT2D eigenvalue weighted by molar-refractivity contribution is -0.145. The van der Waals surface area contributed by atoms with Crippen LogP contribution in [-0.2, 0) is 9.53 Å². The van der Waals surface area contributed by atoms with Gasteiger partial charge in [0.2, 0.25) is 0 Å². The molecule has 0 aliphatic carbocycles. The number of ether oxygens (including phenoxy) is 1. The number of carbonyl (C=O) groups excluding carboxylic acids is 1. The van der Waals surface area contributed by atoms with E-state index in [2.05, 4.69) is 4.74 Å². The number of esters is 1. The van der Waals surface area contributed by atoms with Gasteiger partial charge in [0.25, 0.3) is 0 Å². The summed E-state index contributed by atoms with van der Waals surface area (Å²) >= 11 is 0. The minimum absolute atomic E-state index is 0.273. The molecule has 0 aromatic carbocycles. The molecule has 0 spiro atoms. The lowest BCUT2D eigenvalue weighted by Crippen LogP contribution is -2.36. The number of hydrogen-bond donors (Lipinski definition) is 1. The zero-order valence-corrected chi connectivity index (χ0v) is 7.69. The van der Waals surface area contributed by atoms with E-state index in [1.807, 2.05) is 0 Å². The SMILES string of the molecule is COC(=O)C1CCN(C(=O)O)C1C. The number of rotatable bonds is 1. The lowest BCUT2D eigenvalue weighted by atomic mass is 10.0. The van der Waals surface area contributed by atoms with E-state index in [0.29, 0.717) is 13.0 Å². The van der Waals surface area contributed by atoms with Crippen LogP contribution in [0, 0.1) is 5.92 Å². The number of amides is 1. The van der Waals surface area contributed by atoms with Gasteiger partial charge < -0.3 is 14.7 Å². The molecule has 74 valence electrons. The van der Waals surface area contributed by atoms with Gasteiger partial charge in [-0.3, -0.25) is 4.79 Å². The second-order valence-corrected chi connectivity index (χ2v) is 3.13. The highest BCUT2D eigenvalue weighted by Crippen LogP contribution is 2.24. The Hall–Kier alpha value is -1.26. The molecule has 1 heterocycles. The normalized spacial score (nSPS) is 27.4. The number of carboxylic acid groups (broad SMARTS) is 1. The van der Waals surface area contributed by atoms with Crippen LogP contribution in [0.2, 0.25) is 0 Å². The predicted octanol–water partition coefficient (Wildman–Crippen LogP) is 0.548. The molecule has 0 bridgehead atoms. The summed E-state index contributed by atoms with van der Waals surface area (Å²) in [7, 11) is 1.32. The summed E-state index contributed by atoms with van der Waals surface area (Å²) in [5.74, 6) is -0.627. The summed E-state index contributed by atoms with van der Waals surface area (Å²) in [5.41, 5.74) is 0. The summed E-state index contributed by atoms with van der Waals surface area (Å²) in [6.45, 7) is 2.14. The molecule has 0 radical (unpaired) electrons. The first-order chi connectivity index (χ1) is 6.07. The molecule has 1 aliphatic rings. The van der Waals surface area contributed by atoms with Crippen molar-refractivity contribution in [3.63, 3.8) is 0 Å². The van der Waals surface area contributed by atoms with Crippen LogP contribution >= 0.6 is 0 Å². The van der Waals surface area contributed by atoms with E-state index in [4.69, 9.17) is 5.11 Å². The van der Waals surface area contributed by atoms with Crippen molar-refractivity contribution >= 4 is 12.1 Å². The highest BCUT2D eigenvalue weighted by atomic mass is 16.5. The minimum atomic E-state index is -0.973. The predicted molar refractivity (Wildman–Crippen MR) is 44.3 cm³/mol. The van der Waals surface area contributed by atoms with Gasteiger partial charge in [0.1, 0.15) is 0 Å². The minimum Gasteiger partial charge on any atom is -0.469 e. The number of hydrogen-bond acceptors (Lipinski definition) is 3. The van der Waals surface area contributed by atoms with Gasteiger partial charge >= 0.3 is 12.1 Å². The van der Waals surface area contributed by atoms with Crippen molar-refractivity contribution in [3.8, 4) is 0 Å². The maximum atomic E-state index is 11.2. The molecule has 1 saturated heterocycles. The Bertz CT molecular complexity index is 228. The summed E-state index contributed by atoms with van der Waals surface area (Å²) in [6, 6.07) is -0.273. The molecular formula is C8H13NO4. The number of carbonyl (C=O) groups is 2. The summed E-state index contributed by atoms with van der Waals surface area (Å²) in [4.78, 5) is 23.1. The molecule has 1 rings (SSSR count). The topological polar surface area (TPSA) is 66.8 Å². The molecule has 2 atom stereocenters. The summed E-state index contributed by atoms with van der Waals surface area (Å²) in [5, 5.41) is 8.73. The molecule has 0 aromatic heterocycles. The van der Waals surface area contributed by atoms with Crippen molar-refractivity contribution in [3.05, 3.63) is 0 Å². The van der Waals surface area contributed by atoms with Crippen LogP contribution in [0.5, 0.6) is 0 Å². The Labute approximate surface area is 76.3 Å². The van der Waals surface area contributed by atoms with Crippen LogP contribution in [0.3, 0.4) is 0 Å². The lowest BCUT2D eigenvalue weighted by Gasteiger charge is -2.20. The van der Waals surface area contributed by atoms with E-state index in [1.165, 1.54) is 12.0 Å². The average molecular weight is 187 g/mol. The molecule has 5 nitrogen and oxygen atoms in total. The Kier molecular flexibility index (Phi) is 2.75. The molecule has 1 N–H and O–H groups in total. The van der Waals surface area contributed by atoms with Gasteiger partial charge in [-0.25, -0.2) is 4.79 Å². The highest BCUT2D eigenvalue weighted by Gasteiger charge is 2.38. The van der Waals surface area contributed by atoms with Crippen molar-refractivity contribution in [2.24, 2.45) is 5.92 Å². The molecule has 0 saturated carbocycles. The van der Waals surface area contributed by atoms with Crippen LogP contribution in [0.4, 0.5) is 4.79 Å². The van der Waals surface area contributed by atoms with Gasteiger partial charge in [0.05, 0.1) is 13.0 Å². The fraction of sp³-hybridized carbons (Fsp3) is 0.750. The van der Waals surface area contributed by atoms with Crippen LogP contribution in [-0.4, -0.2) is 41.8 Å². The molecule has 2 unspecified atom stereocenters. The second-order valence-electron chi connectivity index (χ2n) is 3.13. The quantitative estimate of drug-likeness (QED) is 0.608. The Morgan fingerprint density at radius 1 is 1.54 bits per heavy atom. The maximum absolute atomic E-state index is 11.2.